The van der Waals surface area contributed by atoms with Crippen LogP contribution in [0.15, 0.2) is 36.4 Å². The molecule has 3 rings (SSSR count). The number of rotatable bonds is 9. The number of amides is 2. The number of benzene rings is 2. The summed E-state index contributed by atoms with van der Waals surface area (Å²) in [7, 11) is -3.84. The molecular weight excluding hydrogens is 557 g/mol. The highest BCUT2D eigenvalue weighted by Crippen LogP contribution is 2.27. The van der Waals surface area contributed by atoms with Crippen LogP contribution in [0.1, 0.15) is 50.2 Å². The number of carbonyl (C=O) groups is 2. The second-order valence-corrected chi connectivity index (χ2v) is 12.6. The van der Waals surface area contributed by atoms with E-state index in [4.69, 9.17) is 34.8 Å². The van der Waals surface area contributed by atoms with Crippen LogP contribution >= 0.6 is 34.8 Å². The van der Waals surface area contributed by atoms with Gasteiger partial charge in [-0.05, 0) is 62.1 Å². The molecule has 0 saturated heterocycles. The van der Waals surface area contributed by atoms with E-state index in [1.807, 2.05) is 0 Å². The molecular formula is C26H32Cl3N3O4S. The second kappa shape index (κ2) is 12.7. The third kappa shape index (κ3) is 7.99. The van der Waals surface area contributed by atoms with Gasteiger partial charge in [-0.2, -0.15) is 0 Å². The largest absolute Gasteiger partial charge is 0.352 e. The van der Waals surface area contributed by atoms with Crippen LogP contribution in [0, 0.1) is 6.92 Å². The Kier molecular flexibility index (Phi) is 10.1. The number of hydrogen-bond acceptors (Lipinski definition) is 4. The van der Waals surface area contributed by atoms with Gasteiger partial charge in [0, 0.05) is 17.6 Å². The summed E-state index contributed by atoms with van der Waals surface area (Å²) in [5.41, 5.74) is 1.70. The van der Waals surface area contributed by atoms with E-state index in [-0.39, 0.29) is 24.2 Å². The van der Waals surface area contributed by atoms with Gasteiger partial charge in [-0.3, -0.25) is 13.9 Å². The highest BCUT2D eigenvalue weighted by atomic mass is 35.5. The van der Waals surface area contributed by atoms with Crippen molar-refractivity contribution in [2.45, 2.75) is 64.6 Å². The topological polar surface area (TPSA) is 86.8 Å². The van der Waals surface area contributed by atoms with Gasteiger partial charge >= 0.3 is 0 Å². The number of nitrogens with zero attached hydrogens (tertiary/aromatic N) is 2. The van der Waals surface area contributed by atoms with Crippen molar-refractivity contribution in [3.05, 3.63) is 62.6 Å². The summed E-state index contributed by atoms with van der Waals surface area (Å²) in [6.45, 7) is 2.98. The summed E-state index contributed by atoms with van der Waals surface area (Å²) in [5.74, 6) is -0.830. The van der Waals surface area contributed by atoms with E-state index in [9.17, 15) is 18.0 Å². The molecule has 1 aliphatic carbocycles. The van der Waals surface area contributed by atoms with Crippen LogP contribution in [0.25, 0.3) is 0 Å². The number of halogens is 3. The molecule has 2 aromatic rings. The lowest BCUT2D eigenvalue weighted by Crippen LogP contribution is -2.53. The Balaban J connectivity index is 1.90. The maximum Gasteiger partial charge on any atom is 0.244 e. The highest BCUT2D eigenvalue weighted by molar-refractivity contribution is 7.92. The van der Waals surface area contributed by atoms with Gasteiger partial charge < -0.3 is 10.2 Å². The molecule has 1 saturated carbocycles. The summed E-state index contributed by atoms with van der Waals surface area (Å²) in [6, 6.07) is 8.96. The van der Waals surface area contributed by atoms with Crippen LogP contribution in [0.5, 0.6) is 0 Å². The molecule has 0 aliphatic heterocycles. The maximum atomic E-state index is 13.7. The predicted octanol–water partition coefficient (Wildman–Crippen LogP) is 5.59. The number of hydrogen-bond donors (Lipinski definition) is 1. The predicted molar refractivity (Wildman–Crippen MR) is 150 cm³/mol. The average Bonchev–Trinajstić information content (AvgIpc) is 2.84. The smallest absolute Gasteiger partial charge is 0.244 e. The van der Waals surface area contributed by atoms with Crippen LogP contribution in [-0.2, 0) is 26.2 Å². The van der Waals surface area contributed by atoms with Crippen LogP contribution in [0.4, 0.5) is 5.69 Å². The van der Waals surface area contributed by atoms with Crippen LogP contribution in [-0.4, -0.2) is 50.0 Å². The van der Waals surface area contributed by atoms with Crippen LogP contribution < -0.4 is 9.62 Å². The third-order valence-corrected chi connectivity index (χ3v) is 8.87. The first-order valence-corrected chi connectivity index (χ1v) is 15.1. The van der Waals surface area contributed by atoms with Crippen molar-refractivity contribution in [2.24, 2.45) is 0 Å². The van der Waals surface area contributed by atoms with Crippen molar-refractivity contribution in [3.63, 3.8) is 0 Å². The molecule has 2 aromatic carbocycles. The molecule has 1 N–H and O–H groups in total. The zero-order valence-corrected chi connectivity index (χ0v) is 24.2. The number of sulfonamides is 1. The Morgan fingerprint density at radius 2 is 1.68 bits per heavy atom. The number of aryl methyl sites for hydroxylation is 1. The molecule has 7 nitrogen and oxygen atoms in total. The minimum absolute atomic E-state index is 0.0429. The molecule has 1 fully saturated rings. The van der Waals surface area contributed by atoms with Gasteiger partial charge in [0.1, 0.15) is 12.6 Å². The first-order chi connectivity index (χ1) is 17.4. The first kappa shape index (κ1) is 29.6. The summed E-state index contributed by atoms with van der Waals surface area (Å²) >= 11 is 18.5. The molecule has 37 heavy (non-hydrogen) atoms. The number of carbonyl (C=O) groups excluding carboxylic acids is 2. The number of anilines is 1. The highest BCUT2D eigenvalue weighted by Gasteiger charge is 2.31. The molecule has 0 aromatic heterocycles. The molecule has 11 heteroatoms. The molecule has 1 aliphatic rings. The van der Waals surface area contributed by atoms with Crippen LogP contribution in [0.2, 0.25) is 15.1 Å². The molecule has 0 spiro atoms. The Labute approximate surface area is 234 Å². The van der Waals surface area contributed by atoms with Crippen molar-refractivity contribution in [3.8, 4) is 0 Å². The van der Waals surface area contributed by atoms with Crippen molar-refractivity contribution in [1.82, 2.24) is 10.2 Å². The van der Waals surface area contributed by atoms with Gasteiger partial charge in [0.15, 0.2) is 0 Å². The standard InChI is InChI=1S/C26H32Cl3N3O4S/c1-17-9-11-21(14-23(17)28)32(37(3,35)36)16-25(33)31(15-19-10-12-22(27)24(29)13-19)18(2)26(34)30-20-7-5-4-6-8-20/h9-14,18,20H,4-8,15-16H2,1-3H3,(H,30,34). The summed E-state index contributed by atoms with van der Waals surface area (Å²) in [4.78, 5) is 28.2. The number of nitrogens with one attached hydrogen (secondary N) is 1. The Hall–Kier alpha value is -2.00. The van der Waals surface area contributed by atoms with Crippen molar-refractivity contribution in [1.29, 1.82) is 0 Å². The SMILES string of the molecule is Cc1ccc(N(CC(=O)N(Cc2ccc(Cl)c(Cl)c2)C(C)C(=O)NC2CCCCC2)S(C)(=O)=O)cc1Cl. The zero-order valence-electron chi connectivity index (χ0n) is 21.1. The molecule has 1 atom stereocenters. The van der Waals surface area contributed by atoms with Crippen molar-refractivity contribution < 1.29 is 18.0 Å². The monoisotopic (exact) mass is 587 g/mol. The molecule has 2 amide bonds. The van der Waals surface area contributed by atoms with Gasteiger partial charge in [0.25, 0.3) is 0 Å². The molecule has 0 radical (unpaired) electrons. The zero-order chi connectivity index (χ0) is 27.3. The lowest BCUT2D eigenvalue weighted by atomic mass is 9.95. The summed E-state index contributed by atoms with van der Waals surface area (Å²) < 4.78 is 26.4. The fourth-order valence-corrected chi connectivity index (χ4v) is 5.67. The van der Waals surface area contributed by atoms with E-state index in [0.29, 0.717) is 20.6 Å². The quantitative estimate of drug-likeness (QED) is 0.414. The summed E-state index contributed by atoms with van der Waals surface area (Å²) in [6.07, 6.45) is 6.07. The minimum Gasteiger partial charge on any atom is -0.352 e. The van der Waals surface area contributed by atoms with Gasteiger partial charge in [0.05, 0.1) is 22.0 Å². The van der Waals surface area contributed by atoms with Crippen molar-refractivity contribution >= 4 is 62.3 Å². The Bertz CT molecular complexity index is 1250. The Morgan fingerprint density at radius 3 is 2.27 bits per heavy atom. The van der Waals surface area contributed by atoms with Crippen LogP contribution in [0.3, 0.4) is 0 Å². The van der Waals surface area contributed by atoms with E-state index >= 15 is 0 Å². The van der Waals surface area contributed by atoms with E-state index in [1.165, 1.54) is 11.0 Å². The normalized spacial score (nSPS) is 15.2. The van der Waals surface area contributed by atoms with Gasteiger partial charge in [-0.1, -0.05) is 66.2 Å². The van der Waals surface area contributed by atoms with Gasteiger partial charge in [-0.15, -0.1) is 0 Å². The lowest BCUT2D eigenvalue weighted by molar-refractivity contribution is -0.139. The molecule has 0 bridgehead atoms. The first-order valence-electron chi connectivity index (χ1n) is 12.1. The third-order valence-electron chi connectivity index (χ3n) is 6.58. The lowest BCUT2D eigenvalue weighted by Gasteiger charge is -2.33. The molecule has 1 unspecified atom stereocenters. The van der Waals surface area contributed by atoms with Gasteiger partial charge in [-0.25, -0.2) is 8.42 Å². The fraction of sp³-hybridized carbons (Fsp3) is 0.462. The van der Waals surface area contributed by atoms with E-state index in [2.05, 4.69) is 5.32 Å². The second-order valence-electron chi connectivity index (χ2n) is 9.49. The molecule has 202 valence electrons. The van der Waals surface area contributed by atoms with E-state index in [1.54, 1.807) is 44.2 Å². The van der Waals surface area contributed by atoms with Crippen molar-refractivity contribution in [2.75, 3.05) is 17.1 Å². The van der Waals surface area contributed by atoms with E-state index < -0.39 is 28.5 Å². The summed E-state index contributed by atoms with van der Waals surface area (Å²) in [5, 5.41) is 4.12. The van der Waals surface area contributed by atoms with E-state index in [0.717, 1.165) is 48.2 Å². The Morgan fingerprint density at radius 1 is 1.00 bits per heavy atom. The minimum atomic E-state index is -3.84. The van der Waals surface area contributed by atoms with Gasteiger partial charge in [0.2, 0.25) is 21.8 Å². The maximum absolute atomic E-state index is 13.7. The fourth-order valence-electron chi connectivity index (χ4n) is 4.34. The average molecular weight is 589 g/mol. The molecule has 0 heterocycles.